The number of pyridine rings is 1. The first-order valence-corrected chi connectivity index (χ1v) is 5.94. The molecule has 1 heterocycles. The molecular formula is C14H12N4O2. The minimum Gasteiger partial charge on any atom is -0.360 e. The monoisotopic (exact) mass is 268 g/mol. The second kappa shape index (κ2) is 5.80. The Morgan fingerprint density at radius 1 is 1.35 bits per heavy atom. The maximum Gasteiger partial charge on any atom is 0.314 e. The van der Waals surface area contributed by atoms with Gasteiger partial charge in [-0.15, -0.1) is 0 Å². The molecule has 0 bridgehead atoms. The molecule has 0 atom stereocenters. The molecule has 0 spiro atoms. The van der Waals surface area contributed by atoms with E-state index in [1.54, 1.807) is 37.3 Å². The summed E-state index contributed by atoms with van der Waals surface area (Å²) in [5.74, 6) is 0.249. The summed E-state index contributed by atoms with van der Waals surface area (Å²) < 4.78 is 0. The van der Waals surface area contributed by atoms with Crippen LogP contribution in [-0.4, -0.2) is 9.91 Å². The SMILES string of the molecule is Cc1ccnc(NCc2ccc(C#N)cc2)c1[N+](=O)[O-]. The number of hydrogen-bond acceptors (Lipinski definition) is 5. The van der Waals surface area contributed by atoms with Crippen LogP contribution in [0.4, 0.5) is 11.5 Å². The molecule has 20 heavy (non-hydrogen) atoms. The van der Waals surface area contributed by atoms with Crippen LogP contribution in [0.25, 0.3) is 0 Å². The molecule has 2 aromatic rings. The molecule has 6 heteroatoms. The number of hydrogen-bond donors (Lipinski definition) is 1. The van der Waals surface area contributed by atoms with E-state index in [1.165, 1.54) is 6.20 Å². The maximum absolute atomic E-state index is 11.0. The number of nitriles is 1. The molecule has 0 aliphatic rings. The molecule has 1 aromatic carbocycles. The topological polar surface area (TPSA) is 91.8 Å². The van der Waals surface area contributed by atoms with E-state index in [0.717, 1.165) is 5.56 Å². The molecule has 0 saturated carbocycles. The molecule has 0 saturated heterocycles. The fourth-order valence-corrected chi connectivity index (χ4v) is 1.79. The van der Waals surface area contributed by atoms with Crippen molar-refractivity contribution in [1.82, 2.24) is 4.98 Å². The first kappa shape index (κ1) is 13.5. The van der Waals surface area contributed by atoms with Crippen LogP contribution in [0, 0.1) is 28.4 Å². The lowest BCUT2D eigenvalue weighted by Gasteiger charge is -2.07. The zero-order chi connectivity index (χ0) is 14.5. The Kier molecular flexibility index (Phi) is 3.91. The van der Waals surface area contributed by atoms with Crippen LogP contribution in [-0.2, 0) is 6.54 Å². The molecular weight excluding hydrogens is 256 g/mol. The van der Waals surface area contributed by atoms with Gasteiger partial charge < -0.3 is 5.32 Å². The summed E-state index contributed by atoms with van der Waals surface area (Å²) in [5.41, 5.74) is 2.04. The normalized spacial score (nSPS) is 9.80. The van der Waals surface area contributed by atoms with E-state index in [9.17, 15) is 10.1 Å². The number of anilines is 1. The largest absolute Gasteiger partial charge is 0.360 e. The quantitative estimate of drug-likeness (QED) is 0.680. The lowest BCUT2D eigenvalue weighted by Crippen LogP contribution is -2.05. The highest BCUT2D eigenvalue weighted by Crippen LogP contribution is 2.25. The highest BCUT2D eigenvalue weighted by atomic mass is 16.6. The number of benzene rings is 1. The third kappa shape index (κ3) is 2.90. The lowest BCUT2D eigenvalue weighted by molar-refractivity contribution is -0.384. The molecule has 0 fully saturated rings. The smallest absolute Gasteiger partial charge is 0.314 e. The van der Waals surface area contributed by atoms with E-state index in [0.29, 0.717) is 17.7 Å². The van der Waals surface area contributed by atoms with Crippen LogP contribution in [0.1, 0.15) is 16.7 Å². The Hall–Kier alpha value is -2.94. The van der Waals surface area contributed by atoms with E-state index in [2.05, 4.69) is 10.3 Å². The number of nitro groups is 1. The summed E-state index contributed by atoms with van der Waals surface area (Å²) in [6.45, 7) is 2.08. The van der Waals surface area contributed by atoms with Gasteiger partial charge >= 0.3 is 5.69 Å². The van der Waals surface area contributed by atoms with Gasteiger partial charge in [0.05, 0.1) is 16.6 Å². The molecule has 100 valence electrons. The summed E-state index contributed by atoms with van der Waals surface area (Å²) in [6, 6.07) is 10.6. The van der Waals surface area contributed by atoms with Crippen molar-refractivity contribution < 1.29 is 4.92 Å². The van der Waals surface area contributed by atoms with Gasteiger partial charge in [0, 0.05) is 18.3 Å². The Labute approximate surface area is 115 Å². The first-order chi connectivity index (χ1) is 9.61. The zero-order valence-corrected chi connectivity index (χ0v) is 10.8. The van der Waals surface area contributed by atoms with Crippen molar-refractivity contribution in [3.63, 3.8) is 0 Å². The van der Waals surface area contributed by atoms with Crippen LogP contribution in [0.15, 0.2) is 36.5 Å². The standard InChI is InChI=1S/C14H12N4O2/c1-10-6-7-16-14(13(10)18(19)20)17-9-12-4-2-11(8-15)3-5-12/h2-7H,9H2,1H3,(H,16,17). The highest BCUT2D eigenvalue weighted by molar-refractivity contribution is 5.59. The number of nitrogens with zero attached hydrogens (tertiary/aromatic N) is 3. The minimum atomic E-state index is -0.441. The Balaban J connectivity index is 2.16. The molecule has 0 aliphatic heterocycles. The predicted molar refractivity (Wildman–Crippen MR) is 74.1 cm³/mol. The lowest BCUT2D eigenvalue weighted by atomic mass is 10.1. The molecule has 1 N–H and O–H groups in total. The van der Waals surface area contributed by atoms with E-state index < -0.39 is 4.92 Å². The summed E-state index contributed by atoms with van der Waals surface area (Å²) in [5, 5.41) is 22.7. The highest BCUT2D eigenvalue weighted by Gasteiger charge is 2.17. The number of nitrogens with one attached hydrogen (secondary N) is 1. The number of aromatic nitrogens is 1. The van der Waals surface area contributed by atoms with Crippen LogP contribution in [0.5, 0.6) is 0 Å². The van der Waals surface area contributed by atoms with Gasteiger partial charge in [-0.25, -0.2) is 4.98 Å². The van der Waals surface area contributed by atoms with Crippen molar-refractivity contribution in [2.45, 2.75) is 13.5 Å². The Morgan fingerprint density at radius 3 is 2.65 bits per heavy atom. The third-order valence-corrected chi connectivity index (χ3v) is 2.85. The first-order valence-electron chi connectivity index (χ1n) is 5.94. The molecule has 0 radical (unpaired) electrons. The second-order valence-corrected chi connectivity index (χ2v) is 4.24. The third-order valence-electron chi connectivity index (χ3n) is 2.85. The predicted octanol–water partition coefficient (Wildman–Crippen LogP) is 2.78. The van der Waals surface area contributed by atoms with Crippen molar-refractivity contribution in [1.29, 1.82) is 5.26 Å². The van der Waals surface area contributed by atoms with Gasteiger partial charge in [0.1, 0.15) is 0 Å². The van der Waals surface area contributed by atoms with Gasteiger partial charge in [-0.05, 0) is 30.7 Å². The number of rotatable bonds is 4. The van der Waals surface area contributed by atoms with Crippen molar-refractivity contribution in [2.75, 3.05) is 5.32 Å². The molecule has 1 aromatic heterocycles. The molecule has 0 unspecified atom stereocenters. The van der Waals surface area contributed by atoms with E-state index in [1.807, 2.05) is 6.07 Å². The Morgan fingerprint density at radius 2 is 2.05 bits per heavy atom. The summed E-state index contributed by atoms with van der Waals surface area (Å²) in [4.78, 5) is 14.6. The minimum absolute atomic E-state index is 0.0128. The molecule has 0 amide bonds. The van der Waals surface area contributed by atoms with Gasteiger partial charge in [-0.3, -0.25) is 10.1 Å². The molecule has 6 nitrogen and oxygen atoms in total. The van der Waals surface area contributed by atoms with Gasteiger partial charge in [0.25, 0.3) is 0 Å². The van der Waals surface area contributed by atoms with Crippen molar-refractivity contribution >= 4 is 11.5 Å². The summed E-state index contributed by atoms with van der Waals surface area (Å²) in [6.07, 6.45) is 1.53. The Bertz CT molecular complexity index is 675. The second-order valence-electron chi connectivity index (χ2n) is 4.24. The van der Waals surface area contributed by atoms with Crippen LogP contribution in [0.2, 0.25) is 0 Å². The fraction of sp³-hybridized carbons (Fsp3) is 0.143. The van der Waals surface area contributed by atoms with Gasteiger partial charge in [0.2, 0.25) is 5.82 Å². The van der Waals surface area contributed by atoms with Crippen LogP contribution >= 0.6 is 0 Å². The van der Waals surface area contributed by atoms with Crippen molar-refractivity contribution in [3.8, 4) is 6.07 Å². The van der Waals surface area contributed by atoms with Gasteiger partial charge in [-0.1, -0.05) is 12.1 Å². The van der Waals surface area contributed by atoms with Crippen LogP contribution < -0.4 is 5.32 Å². The average molecular weight is 268 g/mol. The van der Waals surface area contributed by atoms with E-state index in [4.69, 9.17) is 5.26 Å². The fourth-order valence-electron chi connectivity index (χ4n) is 1.79. The van der Waals surface area contributed by atoms with E-state index >= 15 is 0 Å². The molecule has 0 aliphatic carbocycles. The van der Waals surface area contributed by atoms with Crippen molar-refractivity contribution in [2.24, 2.45) is 0 Å². The van der Waals surface area contributed by atoms with Crippen LogP contribution in [0.3, 0.4) is 0 Å². The zero-order valence-electron chi connectivity index (χ0n) is 10.8. The maximum atomic E-state index is 11.0. The molecule has 2 rings (SSSR count). The van der Waals surface area contributed by atoms with E-state index in [-0.39, 0.29) is 11.5 Å². The van der Waals surface area contributed by atoms with Crippen molar-refractivity contribution in [3.05, 3.63) is 63.3 Å². The summed E-state index contributed by atoms with van der Waals surface area (Å²) >= 11 is 0. The average Bonchev–Trinajstić information content (AvgIpc) is 2.45. The number of aryl methyl sites for hydroxylation is 1. The van der Waals surface area contributed by atoms with Gasteiger partial charge in [0.15, 0.2) is 0 Å². The summed E-state index contributed by atoms with van der Waals surface area (Å²) in [7, 11) is 0. The van der Waals surface area contributed by atoms with Gasteiger partial charge in [-0.2, -0.15) is 5.26 Å².